The third kappa shape index (κ3) is 5.96. The van der Waals surface area contributed by atoms with Gasteiger partial charge in [0.1, 0.15) is 6.04 Å². The van der Waals surface area contributed by atoms with Crippen LogP contribution in [0.4, 0.5) is 0 Å². The Morgan fingerprint density at radius 3 is 2.91 bits per heavy atom. The van der Waals surface area contributed by atoms with E-state index < -0.39 is 12.0 Å². The Kier molecular flexibility index (Phi) is 7.93. The van der Waals surface area contributed by atoms with Crippen molar-refractivity contribution < 1.29 is 14.6 Å². The van der Waals surface area contributed by atoms with Crippen LogP contribution in [0.2, 0.25) is 0 Å². The molecule has 0 radical (unpaired) electrons. The second kappa shape index (κ2) is 11.1. The third-order valence-electron chi connectivity index (χ3n) is 6.80. The molecule has 4 rings (SSSR count). The molecular formula is C27H36N2O3. The van der Waals surface area contributed by atoms with Gasteiger partial charge in [0.2, 0.25) is 0 Å². The molecule has 1 aliphatic heterocycles. The van der Waals surface area contributed by atoms with Crippen LogP contribution in [0.25, 0.3) is 0 Å². The summed E-state index contributed by atoms with van der Waals surface area (Å²) in [6.45, 7) is 4.20. The number of fused-ring (bicyclic) bond motifs is 1. The highest BCUT2D eigenvalue weighted by Gasteiger charge is 2.33. The number of aliphatic carboxylic acids is 1. The van der Waals surface area contributed by atoms with Gasteiger partial charge in [0, 0.05) is 31.1 Å². The number of hydrogen-bond acceptors (Lipinski definition) is 4. The van der Waals surface area contributed by atoms with Gasteiger partial charge in [0.25, 0.3) is 0 Å². The van der Waals surface area contributed by atoms with Gasteiger partial charge in [-0.05, 0) is 75.5 Å². The lowest BCUT2D eigenvalue weighted by Gasteiger charge is -2.25. The van der Waals surface area contributed by atoms with Crippen LogP contribution in [0.5, 0.6) is 0 Å². The van der Waals surface area contributed by atoms with E-state index in [1.165, 1.54) is 36.2 Å². The van der Waals surface area contributed by atoms with E-state index in [9.17, 15) is 9.90 Å². The molecule has 1 N–H and O–H groups in total. The van der Waals surface area contributed by atoms with Crippen LogP contribution in [0, 0.1) is 6.92 Å². The van der Waals surface area contributed by atoms with E-state index in [4.69, 9.17) is 9.72 Å². The van der Waals surface area contributed by atoms with E-state index in [2.05, 4.69) is 12.1 Å². The van der Waals surface area contributed by atoms with Crippen LogP contribution in [-0.2, 0) is 28.8 Å². The van der Waals surface area contributed by atoms with Crippen molar-refractivity contribution in [2.75, 3.05) is 19.7 Å². The van der Waals surface area contributed by atoms with Gasteiger partial charge >= 0.3 is 5.97 Å². The molecule has 0 unspecified atom stereocenters. The first kappa shape index (κ1) is 22.9. The first-order valence-corrected chi connectivity index (χ1v) is 12.2. The summed E-state index contributed by atoms with van der Waals surface area (Å²) in [5, 5.41) is 9.81. The molecule has 2 heterocycles. The maximum atomic E-state index is 11.9. The van der Waals surface area contributed by atoms with Crippen molar-refractivity contribution in [3.05, 3.63) is 64.5 Å². The number of nitrogens with zero attached hydrogens (tertiary/aromatic N) is 2. The zero-order valence-corrected chi connectivity index (χ0v) is 19.3. The average Bonchev–Trinajstić information content (AvgIpc) is 3.24. The summed E-state index contributed by atoms with van der Waals surface area (Å²) >= 11 is 0. The van der Waals surface area contributed by atoms with Gasteiger partial charge in [0.05, 0.1) is 6.10 Å². The zero-order chi connectivity index (χ0) is 22.3. The number of ether oxygens (including phenoxy) is 1. The smallest absolute Gasteiger partial charge is 0.325 e. The number of carboxylic acid groups (broad SMARTS) is 1. The second-order valence-corrected chi connectivity index (χ2v) is 9.36. The maximum Gasteiger partial charge on any atom is 0.325 e. The highest BCUT2D eigenvalue weighted by molar-refractivity contribution is 5.75. The molecule has 1 saturated heterocycles. The highest BCUT2D eigenvalue weighted by Crippen LogP contribution is 2.27. The SMILES string of the molecule is Cc1cccc([C@@H](C(=O)O)N2CC[C@@H](OCCCCCc3ccc4c(n3)CCCC4)C2)c1. The number of rotatable bonds is 10. The van der Waals surface area contributed by atoms with Gasteiger partial charge in [-0.1, -0.05) is 42.3 Å². The fourth-order valence-electron chi connectivity index (χ4n) is 5.08. The monoisotopic (exact) mass is 436 g/mol. The molecule has 1 aromatic carbocycles. The summed E-state index contributed by atoms with van der Waals surface area (Å²) in [5.74, 6) is -0.785. The fraction of sp³-hybridized carbons (Fsp3) is 0.556. The minimum Gasteiger partial charge on any atom is -0.480 e. The summed E-state index contributed by atoms with van der Waals surface area (Å²) in [6.07, 6.45) is 10.3. The molecule has 5 nitrogen and oxygen atoms in total. The van der Waals surface area contributed by atoms with Gasteiger partial charge in [-0.2, -0.15) is 0 Å². The van der Waals surface area contributed by atoms with E-state index >= 15 is 0 Å². The molecule has 172 valence electrons. The van der Waals surface area contributed by atoms with Gasteiger partial charge in [-0.15, -0.1) is 0 Å². The number of likely N-dealkylation sites (tertiary alicyclic amines) is 1. The predicted molar refractivity (Wildman–Crippen MR) is 126 cm³/mol. The Hall–Kier alpha value is -2.24. The highest BCUT2D eigenvalue weighted by atomic mass is 16.5. The van der Waals surface area contributed by atoms with Crippen molar-refractivity contribution in [1.82, 2.24) is 9.88 Å². The van der Waals surface area contributed by atoms with Crippen molar-refractivity contribution in [3.8, 4) is 0 Å². The van der Waals surface area contributed by atoms with Crippen LogP contribution in [0.1, 0.15) is 72.6 Å². The lowest BCUT2D eigenvalue weighted by Crippen LogP contribution is -2.33. The van der Waals surface area contributed by atoms with Crippen LogP contribution in [0.3, 0.4) is 0 Å². The number of benzene rings is 1. The molecule has 0 saturated carbocycles. The van der Waals surface area contributed by atoms with Gasteiger partial charge in [-0.25, -0.2) is 0 Å². The number of unbranched alkanes of at least 4 members (excludes halogenated alkanes) is 2. The molecule has 2 atom stereocenters. The van der Waals surface area contributed by atoms with E-state index in [0.717, 1.165) is 62.8 Å². The maximum absolute atomic E-state index is 11.9. The van der Waals surface area contributed by atoms with Crippen molar-refractivity contribution in [2.24, 2.45) is 0 Å². The summed E-state index contributed by atoms with van der Waals surface area (Å²) in [4.78, 5) is 18.9. The summed E-state index contributed by atoms with van der Waals surface area (Å²) < 4.78 is 6.10. The molecule has 5 heteroatoms. The molecular weight excluding hydrogens is 400 g/mol. The van der Waals surface area contributed by atoms with Crippen molar-refractivity contribution in [2.45, 2.75) is 76.9 Å². The topological polar surface area (TPSA) is 62.7 Å². The van der Waals surface area contributed by atoms with Gasteiger partial charge in [0.15, 0.2) is 0 Å². The Labute approximate surface area is 191 Å². The Morgan fingerprint density at radius 1 is 1.19 bits per heavy atom. The Balaban J connectivity index is 1.16. The summed E-state index contributed by atoms with van der Waals surface area (Å²) in [7, 11) is 0. The van der Waals surface area contributed by atoms with Crippen LogP contribution < -0.4 is 0 Å². The predicted octanol–water partition coefficient (Wildman–Crippen LogP) is 4.90. The van der Waals surface area contributed by atoms with Crippen molar-refractivity contribution >= 4 is 5.97 Å². The number of aryl methyl sites for hydroxylation is 4. The molecule has 2 aromatic rings. The number of aromatic nitrogens is 1. The molecule has 32 heavy (non-hydrogen) atoms. The molecule has 0 spiro atoms. The van der Waals surface area contributed by atoms with Crippen molar-refractivity contribution in [1.29, 1.82) is 0 Å². The lowest BCUT2D eigenvalue weighted by atomic mass is 9.95. The number of carboxylic acids is 1. The van der Waals surface area contributed by atoms with Gasteiger partial charge < -0.3 is 9.84 Å². The van der Waals surface area contributed by atoms with Crippen LogP contribution >= 0.6 is 0 Å². The Bertz CT molecular complexity index is 914. The minimum absolute atomic E-state index is 0.129. The normalized spacial score (nSPS) is 19.6. The molecule has 0 amide bonds. The quantitative estimate of drug-likeness (QED) is 0.537. The number of pyridine rings is 1. The first-order valence-electron chi connectivity index (χ1n) is 12.2. The number of carbonyl (C=O) groups is 1. The second-order valence-electron chi connectivity index (χ2n) is 9.36. The molecule has 1 fully saturated rings. The first-order chi connectivity index (χ1) is 15.6. The zero-order valence-electron chi connectivity index (χ0n) is 19.3. The molecule has 1 aromatic heterocycles. The van der Waals surface area contributed by atoms with Gasteiger partial charge in [-0.3, -0.25) is 14.7 Å². The number of hydrogen-bond donors (Lipinski definition) is 1. The largest absolute Gasteiger partial charge is 0.480 e. The summed E-state index contributed by atoms with van der Waals surface area (Å²) in [6, 6.07) is 11.7. The lowest BCUT2D eigenvalue weighted by molar-refractivity contribution is -0.143. The molecule has 0 bridgehead atoms. The van der Waals surface area contributed by atoms with E-state index in [1.54, 1.807) is 0 Å². The minimum atomic E-state index is -0.785. The van der Waals surface area contributed by atoms with E-state index in [0.29, 0.717) is 6.54 Å². The average molecular weight is 437 g/mol. The Morgan fingerprint density at radius 2 is 2.06 bits per heavy atom. The van der Waals surface area contributed by atoms with Crippen molar-refractivity contribution in [3.63, 3.8) is 0 Å². The van der Waals surface area contributed by atoms with E-state index in [1.807, 2.05) is 36.1 Å². The van der Waals surface area contributed by atoms with Crippen LogP contribution in [0.15, 0.2) is 36.4 Å². The standard InChI is InChI=1S/C27H36N2O3/c1-20-8-7-10-22(18-20)26(27(30)31)29-16-15-24(19-29)32-17-6-2-3-11-23-14-13-21-9-4-5-12-25(21)28-23/h7-8,10,13-14,18,24,26H,2-6,9,11-12,15-17,19H2,1H3,(H,30,31)/t24-,26+/m1/s1. The fourth-order valence-corrected chi connectivity index (χ4v) is 5.08. The van der Waals surface area contributed by atoms with Crippen LogP contribution in [-0.4, -0.2) is 46.8 Å². The molecule has 2 aliphatic rings. The third-order valence-corrected chi connectivity index (χ3v) is 6.80. The molecule has 1 aliphatic carbocycles. The summed E-state index contributed by atoms with van der Waals surface area (Å²) in [5.41, 5.74) is 5.95. The van der Waals surface area contributed by atoms with E-state index in [-0.39, 0.29) is 6.10 Å².